The fourth-order valence-corrected chi connectivity index (χ4v) is 4.23. The second-order valence-electron chi connectivity index (χ2n) is 10.7. The number of nitrogens with zero attached hydrogens (tertiary/aromatic N) is 1. The number of aliphatic carboxylic acids is 1. The normalized spacial score (nSPS) is 14.6. The van der Waals surface area contributed by atoms with Crippen LogP contribution in [0.2, 0.25) is 13.1 Å². The maximum atomic E-state index is 13.0. The number of unbranched alkanes of at least 4 members (excludes halogenated alkanes) is 2. The molecule has 0 aliphatic heterocycles. The van der Waals surface area contributed by atoms with E-state index in [0.717, 1.165) is 25.7 Å². The van der Waals surface area contributed by atoms with Crippen molar-refractivity contribution in [2.45, 2.75) is 118 Å². The number of rotatable bonds is 13. The van der Waals surface area contributed by atoms with Gasteiger partial charge in [0.1, 0.15) is 5.60 Å². The third-order valence-electron chi connectivity index (χ3n) is 4.85. The molecule has 0 aromatic carbocycles. The Hall–Kier alpha value is -1.34. The lowest BCUT2D eigenvalue weighted by Crippen LogP contribution is -2.50. The first-order valence-electron chi connectivity index (χ1n) is 11.7. The molecule has 0 radical (unpaired) electrons. The third kappa shape index (κ3) is 15.2. The molecule has 0 aliphatic rings. The highest BCUT2D eigenvalue weighted by molar-refractivity contribution is 6.48. The van der Waals surface area contributed by atoms with Gasteiger partial charge < -0.3 is 19.2 Å². The number of carboxylic acid groups (broad SMARTS) is 1. The number of carbonyl (C=O) groups is 2. The minimum absolute atomic E-state index is 0.0386. The van der Waals surface area contributed by atoms with Crippen LogP contribution in [0.5, 0.6) is 0 Å². The molecule has 0 saturated heterocycles. The van der Waals surface area contributed by atoms with Crippen LogP contribution in [0.1, 0.15) is 87.0 Å². The standard InChI is InChI=1S/C24H47NO5Si/c1-19(16-14-12-10-11-13-15-17-21(26)27)25(22(28)29-24(5,6)7)18-20(23(2,3)4)30-31(8)9/h10-11,19-20,31H,12-18H2,1-9H3,(H,26,27)/t19-,20?/m0/s1. The number of allylic oxidation sites excluding steroid dienone is 2. The smallest absolute Gasteiger partial charge is 0.410 e. The van der Waals surface area contributed by atoms with E-state index in [4.69, 9.17) is 14.3 Å². The van der Waals surface area contributed by atoms with Gasteiger partial charge in [0.2, 0.25) is 0 Å². The first-order valence-corrected chi connectivity index (χ1v) is 14.4. The monoisotopic (exact) mass is 457 g/mol. The van der Waals surface area contributed by atoms with E-state index >= 15 is 0 Å². The Kier molecular flexibility index (Phi) is 13.3. The molecule has 182 valence electrons. The van der Waals surface area contributed by atoms with Crippen LogP contribution in [-0.2, 0) is 14.0 Å². The molecule has 0 bridgehead atoms. The third-order valence-corrected chi connectivity index (χ3v) is 5.72. The average Bonchev–Trinajstić information content (AvgIpc) is 2.57. The summed E-state index contributed by atoms with van der Waals surface area (Å²) in [4.78, 5) is 25.4. The molecule has 2 atom stereocenters. The van der Waals surface area contributed by atoms with Crippen LogP contribution in [-0.4, -0.2) is 55.4 Å². The van der Waals surface area contributed by atoms with Crippen molar-refractivity contribution in [1.29, 1.82) is 0 Å². The van der Waals surface area contributed by atoms with E-state index in [0.29, 0.717) is 13.0 Å². The summed E-state index contributed by atoms with van der Waals surface area (Å²) < 4.78 is 12.0. The van der Waals surface area contributed by atoms with Gasteiger partial charge in [0.05, 0.1) is 6.10 Å². The SMILES string of the molecule is C[C@@H](CCCC=CCCCC(=O)O)N(CC(O[SiH](C)C)C(C)(C)C)C(=O)OC(C)(C)C. The Balaban J connectivity index is 5.01. The lowest BCUT2D eigenvalue weighted by atomic mass is 9.88. The molecule has 0 rings (SSSR count). The first kappa shape index (κ1) is 29.7. The van der Waals surface area contributed by atoms with Crippen molar-refractivity contribution in [2.75, 3.05) is 6.54 Å². The number of carbonyl (C=O) groups excluding carboxylic acids is 1. The van der Waals surface area contributed by atoms with Crippen LogP contribution in [0.25, 0.3) is 0 Å². The lowest BCUT2D eigenvalue weighted by Gasteiger charge is -2.39. The molecule has 0 spiro atoms. The predicted molar refractivity (Wildman–Crippen MR) is 130 cm³/mol. The van der Waals surface area contributed by atoms with Crippen LogP contribution in [0.4, 0.5) is 4.79 Å². The summed E-state index contributed by atoms with van der Waals surface area (Å²) in [6.45, 7) is 19.0. The molecule has 7 heteroatoms. The van der Waals surface area contributed by atoms with Crippen molar-refractivity contribution < 1.29 is 23.9 Å². The topological polar surface area (TPSA) is 76.1 Å². The number of ether oxygens (including phenoxy) is 1. The Morgan fingerprint density at radius 1 is 1.03 bits per heavy atom. The van der Waals surface area contributed by atoms with Crippen molar-refractivity contribution in [2.24, 2.45) is 5.41 Å². The van der Waals surface area contributed by atoms with Crippen molar-refractivity contribution in [3.8, 4) is 0 Å². The van der Waals surface area contributed by atoms with Crippen LogP contribution in [0.3, 0.4) is 0 Å². The molecule has 31 heavy (non-hydrogen) atoms. The summed E-state index contributed by atoms with van der Waals surface area (Å²) in [5.74, 6) is -0.748. The van der Waals surface area contributed by atoms with E-state index < -0.39 is 20.6 Å². The summed E-state index contributed by atoms with van der Waals surface area (Å²) in [6, 6.07) is 0.0394. The molecule has 1 amide bonds. The molecule has 0 aliphatic carbocycles. The number of hydrogen-bond donors (Lipinski definition) is 1. The summed E-state index contributed by atoms with van der Waals surface area (Å²) >= 11 is 0. The van der Waals surface area contributed by atoms with E-state index in [9.17, 15) is 9.59 Å². The van der Waals surface area contributed by atoms with Gasteiger partial charge in [0.15, 0.2) is 9.04 Å². The van der Waals surface area contributed by atoms with Crippen LogP contribution >= 0.6 is 0 Å². The fraction of sp³-hybridized carbons (Fsp3) is 0.833. The summed E-state index contributed by atoms with van der Waals surface area (Å²) in [7, 11) is -1.26. The van der Waals surface area contributed by atoms with Gasteiger partial charge in [-0.2, -0.15) is 0 Å². The Morgan fingerprint density at radius 2 is 1.58 bits per heavy atom. The van der Waals surface area contributed by atoms with E-state index in [1.807, 2.05) is 25.7 Å². The van der Waals surface area contributed by atoms with E-state index in [1.165, 1.54) is 0 Å². The van der Waals surface area contributed by atoms with Gasteiger partial charge >= 0.3 is 12.1 Å². The molecule has 0 saturated carbocycles. The van der Waals surface area contributed by atoms with Crippen molar-refractivity contribution in [1.82, 2.24) is 4.90 Å². The van der Waals surface area contributed by atoms with Gasteiger partial charge in [0.25, 0.3) is 0 Å². The van der Waals surface area contributed by atoms with E-state index in [2.05, 4.69) is 52.9 Å². The Morgan fingerprint density at radius 3 is 2.03 bits per heavy atom. The fourth-order valence-electron chi connectivity index (χ4n) is 3.08. The van der Waals surface area contributed by atoms with Crippen molar-refractivity contribution in [3.05, 3.63) is 12.2 Å². The zero-order valence-electron chi connectivity index (χ0n) is 21.4. The zero-order valence-corrected chi connectivity index (χ0v) is 22.5. The second kappa shape index (κ2) is 13.9. The molecule has 0 aromatic rings. The van der Waals surface area contributed by atoms with Gasteiger partial charge in [-0.05, 0) is 78.3 Å². The minimum Gasteiger partial charge on any atom is -0.481 e. The van der Waals surface area contributed by atoms with Gasteiger partial charge in [-0.1, -0.05) is 32.9 Å². The van der Waals surface area contributed by atoms with Crippen LogP contribution in [0, 0.1) is 5.41 Å². The summed E-state index contributed by atoms with van der Waals surface area (Å²) in [5.41, 5.74) is -0.616. The molecule has 0 heterocycles. The zero-order chi connectivity index (χ0) is 24.2. The lowest BCUT2D eigenvalue weighted by molar-refractivity contribution is -0.137. The Labute approximate surface area is 192 Å². The van der Waals surface area contributed by atoms with Gasteiger partial charge in [-0.15, -0.1) is 0 Å². The first-order chi connectivity index (χ1) is 14.1. The Bertz CT molecular complexity index is 563. The highest BCUT2D eigenvalue weighted by Gasteiger charge is 2.33. The minimum atomic E-state index is -1.26. The quantitative estimate of drug-likeness (QED) is 0.208. The van der Waals surface area contributed by atoms with E-state index in [-0.39, 0.29) is 30.1 Å². The highest BCUT2D eigenvalue weighted by Crippen LogP contribution is 2.26. The second-order valence-corrected chi connectivity index (χ2v) is 13.1. The number of amides is 1. The highest BCUT2D eigenvalue weighted by atomic mass is 28.3. The molecule has 6 nitrogen and oxygen atoms in total. The predicted octanol–water partition coefficient (Wildman–Crippen LogP) is 6.01. The molecule has 0 aromatic heterocycles. The van der Waals surface area contributed by atoms with Gasteiger partial charge in [0, 0.05) is 19.0 Å². The maximum Gasteiger partial charge on any atom is 0.410 e. The molecular weight excluding hydrogens is 410 g/mol. The summed E-state index contributed by atoms with van der Waals surface area (Å²) in [5, 5.41) is 8.67. The van der Waals surface area contributed by atoms with Crippen molar-refractivity contribution >= 4 is 21.1 Å². The average molecular weight is 458 g/mol. The van der Waals surface area contributed by atoms with E-state index in [1.54, 1.807) is 0 Å². The summed E-state index contributed by atoms with van der Waals surface area (Å²) in [6.07, 6.45) is 8.24. The molecular formula is C24H47NO5Si. The van der Waals surface area contributed by atoms with Gasteiger partial charge in [-0.3, -0.25) is 4.79 Å². The van der Waals surface area contributed by atoms with Crippen molar-refractivity contribution in [3.63, 3.8) is 0 Å². The molecule has 1 N–H and O–H groups in total. The maximum absolute atomic E-state index is 13.0. The van der Waals surface area contributed by atoms with Crippen LogP contribution in [0.15, 0.2) is 12.2 Å². The largest absolute Gasteiger partial charge is 0.481 e. The van der Waals surface area contributed by atoms with Gasteiger partial charge in [-0.25, -0.2) is 4.79 Å². The number of hydrogen-bond acceptors (Lipinski definition) is 4. The van der Waals surface area contributed by atoms with Crippen LogP contribution < -0.4 is 0 Å². The number of carboxylic acids is 1. The molecule has 1 unspecified atom stereocenters. The molecule has 0 fully saturated rings.